The molecule has 0 aromatic heterocycles. The van der Waals surface area contributed by atoms with Crippen LogP contribution in [0.3, 0.4) is 0 Å². The zero-order chi connectivity index (χ0) is 32.9. The van der Waals surface area contributed by atoms with Crippen LogP contribution in [0.25, 0.3) is 0 Å². The SMILES string of the molecule is CCCCC1O[C-](CCc2ccc(O)c(OCC(NCC)[C+]3C=C(C(C4CCCC4)C(CNC)NCC(C)O)C=N3)c2)C=C1CO. The maximum absolute atomic E-state index is 10.7. The summed E-state index contributed by atoms with van der Waals surface area (Å²) in [6.45, 7) is 8.54. The van der Waals surface area contributed by atoms with E-state index in [1.165, 1.54) is 31.3 Å². The summed E-state index contributed by atoms with van der Waals surface area (Å²) >= 11 is 0. The first-order chi connectivity index (χ1) is 22.4. The maximum Gasteiger partial charge on any atom is 0.176 e. The summed E-state index contributed by atoms with van der Waals surface area (Å²) in [7, 11) is 1.98. The quantitative estimate of drug-likeness (QED) is 0.108. The van der Waals surface area contributed by atoms with Gasteiger partial charge in [-0.2, -0.15) is 11.6 Å². The van der Waals surface area contributed by atoms with Gasteiger partial charge in [-0.25, -0.2) is 0 Å². The van der Waals surface area contributed by atoms with Crippen LogP contribution in [0, 0.1) is 24.0 Å². The van der Waals surface area contributed by atoms with Gasteiger partial charge in [0.1, 0.15) is 18.2 Å². The summed E-state index contributed by atoms with van der Waals surface area (Å²) in [6.07, 6.45) is 16.2. The van der Waals surface area contributed by atoms with E-state index in [1.807, 2.05) is 38.4 Å². The molecule has 6 N–H and O–H groups in total. The molecule has 0 bridgehead atoms. The first kappa shape index (κ1) is 36.3. The molecule has 0 spiro atoms. The third-order valence-corrected chi connectivity index (χ3v) is 9.46. The Hall–Kier alpha value is -2.53. The minimum atomic E-state index is -0.407. The molecule has 9 heteroatoms. The summed E-state index contributed by atoms with van der Waals surface area (Å²) in [5.41, 5.74) is 3.24. The molecular formula is C37H58N4O5. The predicted molar refractivity (Wildman–Crippen MR) is 185 cm³/mol. The number of aromatic hydroxyl groups is 1. The number of aryl methyl sites for hydroxylation is 1. The fraction of sp³-hybridized carbons (Fsp3) is 0.649. The summed E-state index contributed by atoms with van der Waals surface area (Å²) in [5.74, 6) is 1.44. The van der Waals surface area contributed by atoms with Crippen molar-refractivity contribution >= 4 is 6.21 Å². The molecular weight excluding hydrogens is 580 g/mol. The number of likely N-dealkylation sites (N-methyl/N-ethyl adjacent to an activating group) is 2. The van der Waals surface area contributed by atoms with Crippen molar-refractivity contribution < 1.29 is 24.8 Å². The summed E-state index contributed by atoms with van der Waals surface area (Å²) in [5, 5.41) is 40.9. The third kappa shape index (κ3) is 10.2. The average molecular weight is 639 g/mol. The van der Waals surface area contributed by atoms with Gasteiger partial charge in [-0.3, -0.25) is 5.32 Å². The second-order valence-electron chi connectivity index (χ2n) is 13.1. The zero-order valence-corrected chi connectivity index (χ0v) is 28.4. The van der Waals surface area contributed by atoms with Gasteiger partial charge < -0.3 is 35.4 Å². The van der Waals surface area contributed by atoms with Gasteiger partial charge in [0, 0.05) is 31.8 Å². The van der Waals surface area contributed by atoms with Crippen LogP contribution in [0.2, 0.25) is 0 Å². The van der Waals surface area contributed by atoms with Crippen molar-refractivity contribution in [3.8, 4) is 11.5 Å². The van der Waals surface area contributed by atoms with Gasteiger partial charge in [-0.05, 0) is 69.8 Å². The number of hydrogen-bond donors (Lipinski definition) is 6. The van der Waals surface area contributed by atoms with Crippen molar-refractivity contribution in [2.45, 2.75) is 103 Å². The smallest absolute Gasteiger partial charge is 0.176 e. The summed E-state index contributed by atoms with van der Waals surface area (Å²) < 4.78 is 12.4. The van der Waals surface area contributed by atoms with Crippen LogP contribution in [0.1, 0.15) is 77.7 Å². The topological polar surface area (TPSA) is 128 Å². The van der Waals surface area contributed by atoms with E-state index in [2.05, 4.69) is 35.9 Å². The minimum Gasteiger partial charge on any atom is -0.504 e. The Morgan fingerprint density at radius 1 is 1.17 bits per heavy atom. The lowest BCUT2D eigenvalue weighted by Crippen LogP contribution is -2.48. The van der Waals surface area contributed by atoms with Crippen LogP contribution < -0.4 is 20.7 Å². The van der Waals surface area contributed by atoms with E-state index < -0.39 is 6.10 Å². The molecule has 1 aliphatic carbocycles. The van der Waals surface area contributed by atoms with E-state index >= 15 is 0 Å². The van der Waals surface area contributed by atoms with E-state index in [9.17, 15) is 15.3 Å². The van der Waals surface area contributed by atoms with Crippen LogP contribution in [0.4, 0.5) is 0 Å². The molecule has 1 fully saturated rings. The number of hydrogen-bond acceptors (Lipinski definition) is 9. The number of phenols is 1. The fourth-order valence-electron chi connectivity index (χ4n) is 7.05. The van der Waals surface area contributed by atoms with Gasteiger partial charge >= 0.3 is 0 Å². The Labute approximate surface area is 277 Å². The van der Waals surface area contributed by atoms with Crippen molar-refractivity contribution in [3.63, 3.8) is 0 Å². The number of ether oxygens (including phenoxy) is 2. The number of unbranched alkanes of at least 4 members (excludes halogenated alkanes) is 1. The number of rotatable bonds is 21. The molecule has 0 saturated heterocycles. The molecule has 46 heavy (non-hydrogen) atoms. The lowest BCUT2D eigenvalue weighted by Gasteiger charge is -2.30. The first-order valence-corrected chi connectivity index (χ1v) is 17.6. The van der Waals surface area contributed by atoms with Gasteiger partial charge in [0.15, 0.2) is 23.8 Å². The highest BCUT2D eigenvalue weighted by molar-refractivity contribution is 5.84. The number of benzene rings is 1. The molecule has 5 atom stereocenters. The Bertz CT molecular complexity index is 1150. The van der Waals surface area contributed by atoms with Gasteiger partial charge in [0.2, 0.25) is 0 Å². The van der Waals surface area contributed by atoms with Gasteiger partial charge in [0.05, 0.1) is 18.1 Å². The van der Waals surface area contributed by atoms with Crippen LogP contribution >= 0.6 is 0 Å². The molecule has 0 amide bonds. The molecule has 1 aromatic rings. The fourth-order valence-corrected chi connectivity index (χ4v) is 7.05. The summed E-state index contributed by atoms with van der Waals surface area (Å²) in [6, 6.07) is 6.52. The third-order valence-electron chi connectivity index (χ3n) is 9.46. The highest BCUT2D eigenvalue weighted by Crippen LogP contribution is 2.39. The zero-order valence-electron chi connectivity index (χ0n) is 28.4. The standard InChI is InChI=1S/C37H58N4O5/c1-5-7-12-35-29(23-42)18-30(46-35)15-13-26-14-16-34(44)36(17-26)45-24-33(39-6-2)31-19-28(21-41-31)37(27-10-8-9-11-27)32(22-38-4)40-20-25(3)43/h14,16-19,21,25,27,32-33,35,37-40,42-44H,5-13,15,20,22-24H2,1-4H3. The van der Waals surface area contributed by atoms with Crippen LogP contribution in [-0.2, 0) is 11.2 Å². The molecule has 1 saturated carbocycles. The highest BCUT2D eigenvalue weighted by Gasteiger charge is 2.41. The lowest BCUT2D eigenvalue weighted by atomic mass is 9.79. The number of nitrogens with zero attached hydrogens (tertiary/aromatic N) is 1. The Morgan fingerprint density at radius 3 is 2.67 bits per heavy atom. The first-order valence-electron chi connectivity index (χ1n) is 17.6. The molecule has 4 rings (SSSR count). The molecule has 5 unspecified atom stereocenters. The molecule has 3 aliphatic rings. The van der Waals surface area contributed by atoms with Gasteiger partial charge in [-0.1, -0.05) is 58.1 Å². The van der Waals surface area contributed by atoms with E-state index in [1.54, 1.807) is 6.07 Å². The van der Waals surface area contributed by atoms with Gasteiger partial charge in [-0.15, -0.1) is 4.99 Å². The molecule has 2 heterocycles. The summed E-state index contributed by atoms with van der Waals surface area (Å²) in [4.78, 5) is 4.89. The maximum atomic E-state index is 10.7. The van der Waals surface area contributed by atoms with E-state index in [0.717, 1.165) is 68.5 Å². The van der Waals surface area contributed by atoms with Crippen LogP contribution in [-0.4, -0.2) is 85.7 Å². The number of phenolic OH excluding ortho intramolecular Hbond substituents is 1. The highest BCUT2D eigenvalue weighted by atomic mass is 16.5. The number of aliphatic imine (C=N–C) groups is 1. The molecule has 256 valence electrons. The molecule has 9 nitrogen and oxygen atoms in total. The van der Waals surface area contributed by atoms with Crippen molar-refractivity contribution in [3.05, 3.63) is 59.2 Å². The monoisotopic (exact) mass is 638 g/mol. The Balaban J connectivity index is 1.40. The lowest BCUT2D eigenvalue weighted by molar-refractivity contribution is 0.103. The predicted octanol–water partition coefficient (Wildman–Crippen LogP) is 4.63. The number of aliphatic hydroxyl groups excluding tert-OH is 2. The van der Waals surface area contributed by atoms with Crippen molar-refractivity contribution in [2.75, 3.05) is 39.9 Å². The normalized spacial score (nSPS) is 21.0. The van der Waals surface area contributed by atoms with Crippen molar-refractivity contribution in [1.29, 1.82) is 0 Å². The minimum absolute atomic E-state index is 0.0184. The van der Waals surface area contributed by atoms with Gasteiger partial charge in [0.25, 0.3) is 0 Å². The van der Waals surface area contributed by atoms with Crippen LogP contribution in [0.5, 0.6) is 11.5 Å². The number of nitrogens with one attached hydrogen (secondary N) is 3. The van der Waals surface area contributed by atoms with E-state index in [0.29, 0.717) is 30.7 Å². The molecule has 1 aromatic carbocycles. The average Bonchev–Trinajstić information content (AvgIpc) is 3.83. The molecule has 2 aliphatic heterocycles. The van der Waals surface area contributed by atoms with Crippen LogP contribution in [0.15, 0.2) is 46.5 Å². The Morgan fingerprint density at radius 2 is 1.98 bits per heavy atom. The Kier molecular flexibility index (Phi) is 14.8. The van der Waals surface area contributed by atoms with Crippen molar-refractivity contribution in [2.24, 2.45) is 16.8 Å². The van der Waals surface area contributed by atoms with E-state index in [-0.39, 0.29) is 30.5 Å². The van der Waals surface area contributed by atoms with E-state index in [4.69, 9.17) is 14.5 Å². The second kappa shape index (κ2) is 18.7. The molecule has 0 radical (unpaired) electrons. The largest absolute Gasteiger partial charge is 0.504 e. The van der Waals surface area contributed by atoms with Crippen molar-refractivity contribution in [1.82, 2.24) is 16.0 Å². The second-order valence-corrected chi connectivity index (χ2v) is 13.1. The number of aliphatic hydroxyl groups is 2.